The summed E-state index contributed by atoms with van der Waals surface area (Å²) in [6.07, 6.45) is 1.18. The van der Waals surface area contributed by atoms with Crippen LogP contribution in [0.1, 0.15) is 17.5 Å². The van der Waals surface area contributed by atoms with Gasteiger partial charge in [0, 0.05) is 29.9 Å². The molecule has 12 nitrogen and oxygen atoms in total. The molecule has 3 aromatic rings. The van der Waals surface area contributed by atoms with Gasteiger partial charge in [-0.15, -0.1) is 0 Å². The second-order valence-corrected chi connectivity index (χ2v) is 8.71. The molecule has 0 aliphatic rings. The first-order chi connectivity index (χ1) is 18.2. The van der Waals surface area contributed by atoms with Gasteiger partial charge in [0.15, 0.2) is 0 Å². The third-order valence-corrected chi connectivity index (χ3v) is 5.87. The van der Waals surface area contributed by atoms with Crippen molar-refractivity contribution in [3.05, 3.63) is 71.9 Å². The van der Waals surface area contributed by atoms with Crippen LogP contribution in [0.15, 0.2) is 60.8 Å². The number of rotatable bonds is 13. The number of nitrogens with one attached hydrogen (secondary N) is 4. The number of carboxylic acid groups (broad SMARTS) is 1. The summed E-state index contributed by atoms with van der Waals surface area (Å²) in [7, 11) is 0. The van der Waals surface area contributed by atoms with Crippen molar-refractivity contribution in [3.63, 3.8) is 0 Å². The van der Waals surface area contributed by atoms with Gasteiger partial charge in [-0.25, -0.2) is 4.79 Å². The van der Waals surface area contributed by atoms with Crippen molar-refractivity contribution < 1.29 is 29.1 Å². The minimum atomic E-state index is -1.37. The number of carbonyl (C=O) groups is 5. The average Bonchev–Trinajstić information content (AvgIpc) is 3.30. The number of hydrogen-bond acceptors (Lipinski definition) is 6. The van der Waals surface area contributed by atoms with Crippen molar-refractivity contribution in [2.75, 3.05) is 6.54 Å². The van der Waals surface area contributed by atoms with Crippen LogP contribution in [0.5, 0.6) is 0 Å². The number of aromatic amines is 1. The van der Waals surface area contributed by atoms with Gasteiger partial charge in [0.2, 0.25) is 23.6 Å². The topological polar surface area (TPSA) is 209 Å². The molecule has 9 N–H and O–H groups in total. The molecule has 0 saturated carbocycles. The highest BCUT2D eigenvalue weighted by Gasteiger charge is 2.31. The van der Waals surface area contributed by atoms with Crippen LogP contribution < -0.4 is 27.4 Å². The molecule has 2 aromatic carbocycles. The van der Waals surface area contributed by atoms with E-state index in [-0.39, 0.29) is 12.8 Å². The molecule has 1 aromatic heterocycles. The second-order valence-electron chi connectivity index (χ2n) is 8.71. The highest BCUT2D eigenvalue weighted by Crippen LogP contribution is 2.19. The Morgan fingerprint density at radius 2 is 1.45 bits per heavy atom. The molecule has 3 atom stereocenters. The number of fused-ring (bicyclic) bond motifs is 1. The van der Waals surface area contributed by atoms with E-state index in [1.807, 2.05) is 24.3 Å². The summed E-state index contributed by atoms with van der Waals surface area (Å²) >= 11 is 0. The Morgan fingerprint density at radius 1 is 0.816 bits per heavy atom. The summed E-state index contributed by atoms with van der Waals surface area (Å²) in [5, 5.41) is 17.9. The van der Waals surface area contributed by atoms with Gasteiger partial charge in [-0.2, -0.15) is 0 Å². The molecule has 1 heterocycles. The van der Waals surface area contributed by atoms with Crippen LogP contribution in [0.4, 0.5) is 0 Å². The average molecular weight is 523 g/mol. The van der Waals surface area contributed by atoms with E-state index in [4.69, 9.17) is 11.5 Å². The number of para-hydroxylation sites is 1. The Morgan fingerprint density at radius 3 is 2.11 bits per heavy atom. The van der Waals surface area contributed by atoms with Crippen LogP contribution in [0.25, 0.3) is 10.9 Å². The summed E-state index contributed by atoms with van der Waals surface area (Å²) in [5.41, 5.74) is 12.7. The van der Waals surface area contributed by atoms with Gasteiger partial charge in [0.25, 0.3) is 0 Å². The van der Waals surface area contributed by atoms with Crippen LogP contribution in [0.2, 0.25) is 0 Å². The van der Waals surface area contributed by atoms with Gasteiger partial charge in [-0.3, -0.25) is 19.2 Å². The van der Waals surface area contributed by atoms with Crippen molar-refractivity contribution in [1.29, 1.82) is 0 Å². The second kappa shape index (κ2) is 13.0. The number of amides is 4. The van der Waals surface area contributed by atoms with Crippen LogP contribution in [0.3, 0.4) is 0 Å². The molecular weight excluding hydrogens is 492 g/mol. The zero-order valence-corrected chi connectivity index (χ0v) is 20.5. The molecule has 0 radical (unpaired) electrons. The smallest absolute Gasteiger partial charge is 0.326 e. The van der Waals surface area contributed by atoms with Crippen LogP contribution >= 0.6 is 0 Å². The minimum Gasteiger partial charge on any atom is -0.480 e. The summed E-state index contributed by atoms with van der Waals surface area (Å²) in [4.78, 5) is 64.8. The Labute approximate surface area is 218 Å². The summed E-state index contributed by atoms with van der Waals surface area (Å²) in [5.74, 6) is -4.40. The molecule has 0 saturated heterocycles. The Hall–Kier alpha value is -4.71. The quantitative estimate of drug-likeness (QED) is 0.154. The maximum atomic E-state index is 13.4. The number of carbonyl (C=O) groups excluding carboxylic acids is 4. The zero-order chi connectivity index (χ0) is 27.7. The summed E-state index contributed by atoms with van der Waals surface area (Å²) < 4.78 is 0. The molecule has 0 bridgehead atoms. The van der Waals surface area contributed by atoms with E-state index in [9.17, 15) is 29.1 Å². The van der Waals surface area contributed by atoms with Gasteiger partial charge in [-0.1, -0.05) is 48.5 Å². The van der Waals surface area contributed by atoms with E-state index in [0.717, 1.165) is 10.9 Å². The van der Waals surface area contributed by atoms with Crippen molar-refractivity contribution in [3.8, 4) is 0 Å². The van der Waals surface area contributed by atoms with E-state index in [1.165, 1.54) is 0 Å². The van der Waals surface area contributed by atoms with Gasteiger partial charge in [0.1, 0.15) is 18.1 Å². The third kappa shape index (κ3) is 7.64. The third-order valence-electron chi connectivity index (χ3n) is 5.87. The molecule has 0 aliphatic heterocycles. The van der Waals surface area contributed by atoms with E-state index in [0.29, 0.717) is 11.1 Å². The fourth-order valence-corrected chi connectivity index (χ4v) is 3.99. The van der Waals surface area contributed by atoms with Crippen LogP contribution in [-0.4, -0.2) is 64.4 Å². The van der Waals surface area contributed by atoms with E-state index in [1.54, 1.807) is 36.5 Å². The lowest BCUT2D eigenvalue weighted by Gasteiger charge is -2.24. The number of aliphatic carboxylic acids is 1. The molecule has 0 fully saturated rings. The highest BCUT2D eigenvalue weighted by atomic mass is 16.4. The maximum Gasteiger partial charge on any atom is 0.326 e. The molecule has 4 amide bonds. The molecule has 12 heteroatoms. The van der Waals surface area contributed by atoms with Gasteiger partial charge >= 0.3 is 5.97 Å². The van der Waals surface area contributed by atoms with Gasteiger partial charge in [0.05, 0.1) is 13.0 Å². The molecular formula is C26H30N6O6. The molecule has 0 spiro atoms. The molecule has 0 aliphatic carbocycles. The lowest BCUT2D eigenvalue weighted by atomic mass is 10.0. The number of primary amides is 1. The first kappa shape index (κ1) is 27.9. The van der Waals surface area contributed by atoms with Crippen molar-refractivity contribution >= 4 is 40.5 Å². The predicted octanol–water partition coefficient (Wildman–Crippen LogP) is -0.674. The lowest BCUT2D eigenvalue weighted by Crippen LogP contribution is -2.57. The number of benzene rings is 2. The fraction of sp³-hybridized carbons (Fsp3) is 0.269. The Bertz CT molecular complexity index is 1310. The Balaban J connectivity index is 1.86. The fourth-order valence-electron chi connectivity index (χ4n) is 3.99. The first-order valence-corrected chi connectivity index (χ1v) is 11.9. The van der Waals surface area contributed by atoms with Gasteiger partial charge < -0.3 is 37.5 Å². The molecule has 3 unspecified atom stereocenters. The zero-order valence-electron chi connectivity index (χ0n) is 20.5. The van der Waals surface area contributed by atoms with Crippen LogP contribution in [0, 0.1) is 0 Å². The van der Waals surface area contributed by atoms with Crippen molar-refractivity contribution in [2.45, 2.75) is 37.4 Å². The standard InChI is InChI=1S/C26H30N6O6/c27-13-23(34)30-20(12-22(28)33)25(36)31-19(11-16-14-29-18-9-5-4-8-17(16)18)24(35)32-21(26(37)38)10-15-6-2-1-3-7-15/h1-9,14,19-21,29H,10-13,27H2,(H2,28,33)(H,30,34)(H,31,36)(H,32,35)(H,37,38). The van der Waals surface area contributed by atoms with E-state index >= 15 is 0 Å². The first-order valence-electron chi connectivity index (χ1n) is 11.9. The number of nitrogens with two attached hydrogens (primary N) is 2. The number of carboxylic acids is 1. The molecule has 200 valence electrons. The number of hydrogen-bond donors (Lipinski definition) is 7. The summed E-state index contributed by atoms with van der Waals surface area (Å²) in [6.45, 7) is -0.429. The van der Waals surface area contributed by atoms with Crippen molar-refractivity contribution in [2.24, 2.45) is 11.5 Å². The lowest BCUT2D eigenvalue weighted by molar-refractivity contribution is -0.142. The minimum absolute atomic E-state index is 0.00656. The highest BCUT2D eigenvalue weighted by molar-refractivity contribution is 5.96. The van der Waals surface area contributed by atoms with Gasteiger partial charge in [-0.05, 0) is 17.2 Å². The number of H-pyrrole nitrogens is 1. The predicted molar refractivity (Wildman–Crippen MR) is 138 cm³/mol. The molecule has 3 rings (SSSR count). The SMILES string of the molecule is NCC(=O)NC(CC(N)=O)C(=O)NC(Cc1c[nH]c2ccccc12)C(=O)NC(Cc1ccccc1)C(=O)O. The molecule has 38 heavy (non-hydrogen) atoms. The number of aromatic nitrogens is 1. The Kier molecular flexibility index (Phi) is 9.54. The van der Waals surface area contributed by atoms with Crippen LogP contribution in [-0.2, 0) is 36.8 Å². The van der Waals surface area contributed by atoms with E-state index in [2.05, 4.69) is 20.9 Å². The largest absolute Gasteiger partial charge is 0.480 e. The maximum absolute atomic E-state index is 13.4. The summed E-state index contributed by atoms with van der Waals surface area (Å²) in [6, 6.07) is 12.2. The van der Waals surface area contributed by atoms with Crippen molar-refractivity contribution in [1.82, 2.24) is 20.9 Å². The normalized spacial score (nSPS) is 13.2. The van der Waals surface area contributed by atoms with E-state index < -0.39 is 60.7 Å². The monoisotopic (exact) mass is 522 g/mol.